The third kappa shape index (κ3) is 8.92. The number of aliphatic hydroxyl groups excluding tert-OH is 1. The molecular weight excluding hydrogens is 394 g/mol. The van der Waals surface area contributed by atoms with E-state index in [1.807, 2.05) is 60.7 Å². The van der Waals surface area contributed by atoms with Gasteiger partial charge in [0.05, 0.1) is 25.9 Å². The minimum atomic E-state index is -0.752. The van der Waals surface area contributed by atoms with Gasteiger partial charge in [-0.1, -0.05) is 66.7 Å². The standard InChI is InChI=1S/C25H33NO5/c1-5-22(29-17-19-12-8-6-9-13-19)23(30-18-20-14-10-7-11-15-20)21(16-27)26-24(28)31-25(2,3)4/h5-15,21-23,27H,1,16-18H2,2-4H3,(H,26,28)/t21-,22-,23-/m1/s1. The fraction of sp³-hybridized carbons (Fsp3) is 0.400. The van der Waals surface area contributed by atoms with Gasteiger partial charge in [-0.05, 0) is 31.9 Å². The van der Waals surface area contributed by atoms with Gasteiger partial charge >= 0.3 is 6.09 Å². The molecule has 0 saturated carbocycles. The summed E-state index contributed by atoms with van der Waals surface area (Å²) in [5.74, 6) is 0. The Morgan fingerprint density at radius 2 is 1.52 bits per heavy atom. The maximum Gasteiger partial charge on any atom is 0.408 e. The summed E-state index contributed by atoms with van der Waals surface area (Å²) < 4.78 is 17.5. The monoisotopic (exact) mass is 427 g/mol. The summed E-state index contributed by atoms with van der Waals surface area (Å²) in [6.07, 6.45) is -0.265. The second-order valence-electron chi connectivity index (χ2n) is 8.19. The van der Waals surface area contributed by atoms with E-state index in [9.17, 15) is 9.90 Å². The molecule has 31 heavy (non-hydrogen) atoms. The smallest absolute Gasteiger partial charge is 0.408 e. The second-order valence-corrected chi connectivity index (χ2v) is 8.19. The maximum absolute atomic E-state index is 12.3. The van der Waals surface area contributed by atoms with Gasteiger partial charge in [0.25, 0.3) is 0 Å². The first-order valence-electron chi connectivity index (χ1n) is 10.4. The normalized spacial score (nSPS) is 14.3. The number of benzene rings is 2. The fourth-order valence-electron chi connectivity index (χ4n) is 2.96. The molecule has 2 aromatic rings. The van der Waals surface area contributed by atoms with Crippen molar-refractivity contribution < 1.29 is 24.1 Å². The molecule has 1 amide bonds. The van der Waals surface area contributed by atoms with Crippen LogP contribution in [0.4, 0.5) is 4.79 Å². The zero-order valence-corrected chi connectivity index (χ0v) is 18.5. The molecule has 0 spiro atoms. The Labute approximate surface area is 184 Å². The van der Waals surface area contributed by atoms with Crippen LogP contribution in [0.1, 0.15) is 31.9 Å². The van der Waals surface area contributed by atoms with Crippen molar-refractivity contribution in [1.29, 1.82) is 0 Å². The molecule has 0 aliphatic rings. The largest absolute Gasteiger partial charge is 0.444 e. The number of alkyl carbamates (subject to hydrolysis) is 1. The first-order valence-corrected chi connectivity index (χ1v) is 10.4. The Bertz CT molecular complexity index is 789. The molecule has 0 fully saturated rings. The summed E-state index contributed by atoms with van der Waals surface area (Å²) in [5, 5.41) is 12.7. The molecule has 2 aromatic carbocycles. The predicted octanol–water partition coefficient (Wildman–Crippen LogP) is 4.23. The van der Waals surface area contributed by atoms with Gasteiger partial charge in [0.1, 0.15) is 17.8 Å². The summed E-state index contributed by atoms with van der Waals surface area (Å²) in [7, 11) is 0. The molecule has 0 saturated heterocycles. The van der Waals surface area contributed by atoms with Crippen LogP contribution in [0.3, 0.4) is 0 Å². The van der Waals surface area contributed by atoms with Crippen LogP contribution < -0.4 is 5.32 Å². The minimum Gasteiger partial charge on any atom is -0.444 e. The van der Waals surface area contributed by atoms with Gasteiger partial charge in [-0.2, -0.15) is 0 Å². The molecule has 6 nitrogen and oxygen atoms in total. The molecule has 0 radical (unpaired) electrons. The number of hydrogen-bond acceptors (Lipinski definition) is 5. The van der Waals surface area contributed by atoms with Crippen LogP contribution in [-0.4, -0.2) is 41.7 Å². The number of ether oxygens (including phenoxy) is 3. The van der Waals surface area contributed by atoms with Gasteiger partial charge < -0.3 is 24.6 Å². The second kappa shape index (κ2) is 12.2. The first kappa shape index (κ1) is 24.6. The van der Waals surface area contributed by atoms with Crippen molar-refractivity contribution >= 4 is 6.09 Å². The molecule has 3 atom stereocenters. The highest BCUT2D eigenvalue weighted by Crippen LogP contribution is 2.17. The number of hydrogen-bond donors (Lipinski definition) is 2. The highest BCUT2D eigenvalue weighted by Gasteiger charge is 2.32. The predicted molar refractivity (Wildman–Crippen MR) is 120 cm³/mol. The molecule has 0 heterocycles. The van der Waals surface area contributed by atoms with Crippen LogP contribution in [0.5, 0.6) is 0 Å². The molecule has 6 heteroatoms. The molecule has 2 rings (SSSR count). The summed E-state index contributed by atoms with van der Waals surface area (Å²) in [4.78, 5) is 12.3. The van der Waals surface area contributed by atoms with E-state index in [0.717, 1.165) is 11.1 Å². The number of carbonyl (C=O) groups is 1. The quantitative estimate of drug-likeness (QED) is 0.525. The Morgan fingerprint density at radius 3 is 1.97 bits per heavy atom. The van der Waals surface area contributed by atoms with E-state index < -0.39 is 29.9 Å². The summed E-state index contributed by atoms with van der Waals surface area (Å²) in [6.45, 7) is 9.49. The zero-order valence-electron chi connectivity index (χ0n) is 18.5. The van der Waals surface area contributed by atoms with Crippen molar-refractivity contribution in [3.63, 3.8) is 0 Å². The van der Waals surface area contributed by atoms with Crippen molar-refractivity contribution in [2.24, 2.45) is 0 Å². The number of aliphatic hydroxyl groups is 1. The average molecular weight is 428 g/mol. The van der Waals surface area contributed by atoms with Crippen LogP contribution in [-0.2, 0) is 27.4 Å². The number of carbonyl (C=O) groups excluding carboxylic acids is 1. The number of amides is 1. The first-order chi connectivity index (χ1) is 14.8. The summed E-state index contributed by atoms with van der Waals surface area (Å²) >= 11 is 0. The van der Waals surface area contributed by atoms with Crippen LogP contribution >= 0.6 is 0 Å². The van der Waals surface area contributed by atoms with Gasteiger partial charge in [0.2, 0.25) is 0 Å². The van der Waals surface area contributed by atoms with Crippen molar-refractivity contribution in [3.8, 4) is 0 Å². The molecule has 0 bridgehead atoms. The maximum atomic E-state index is 12.3. The van der Waals surface area contributed by atoms with Crippen molar-refractivity contribution in [2.45, 2.75) is 57.8 Å². The van der Waals surface area contributed by atoms with E-state index in [2.05, 4.69) is 11.9 Å². The van der Waals surface area contributed by atoms with Crippen molar-refractivity contribution in [2.75, 3.05) is 6.61 Å². The van der Waals surface area contributed by atoms with Crippen molar-refractivity contribution in [1.82, 2.24) is 5.32 Å². The van der Waals surface area contributed by atoms with Crippen LogP contribution in [0.25, 0.3) is 0 Å². The molecule has 2 N–H and O–H groups in total. The highest BCUT2D eigenvalue weighted by atomic mass is 16.6. The lowest BCUT2D eigenvalue weighted by atomic mass is 10.1. The van der Waals surface area contributed by atoms with Crippen LogP contribution in [0.2, 0.25) is 0 Å². The van der Waals surface area contributed by atoms with Crippen LogP contribution in [0.15, 0.2) is 73.3 Å². The molecule has 0 unspecified atom stereocenters. The van der Waals surface area contributed by atoms with E-state index >= 15 is 0 Å². The summed E-state index contributed by atoms with van der Waals surface area (Å²) in [6, 6.07) is 18.6. The Balaban J connectivity index is 2.15. The lowest BCUT2D eigenvalue weighted by Gasteiger charge is -2.32. The van der Waals surface area contributed by atoms with Crippen molar-refractivity contribution in [3.05, 3.63) is 84.4 Å². The van der Waals surface area contributed by atoms with Gasteiger partial charge in [-0.25, -0.2) is 4.79 Å². The van der Waals surface area contributed by atoms with E-state index in [1.54, 1.807) is 26.8 Å². The molecule has 0 aromatic heterocycles. The van der Waals surface area contributed by atoms with E-state index in [-0.39, 0.29) is 13.2 Å². The molecule has 168 valence electrons. The van der Waals surface area contributed by atoms with E-state index in [4.69, 9.17) is 14.2 Å². The zero-order chi connectivity index (χ0) is 22.7. The Morgan fingerprint density at radius 1 is 1.00 bits per heavy atom. The SMILES string of the molecule is C=C[C@@H](OCc1ccccc1)[C@H](OCc1ccccc1)[C@@H](CO)NC(=O)OC(C)(C)C. The number of rotatable bonds is 11. The Hall–Kier alpha value is -2.67. The van der Waals surface area contributed by atoms with Gasteiger partial charge in [0, 0.05) is 0 Å². The van der Waals surface area contributed by atoms with Gasteiger partial charge in [0.15, 0.2) is 0 Å². The highest BCUT2D eigenvalue weighted by molar-refractivity contribution is 5.68. The van der Waals surface area contributed by atoms with E-state index in [1.165, 1.54) is 0 Å². The minimum absolute atomic E-state index is 0.289. The molecular formula is C25H33NO5. The topological polar surface area (TPSA) is 77.0 Å². The lowest BCUT2D eigenvalue weighted by Crippen LogP contribution is -2.53. The van der Waals surface area contributed by atoms with Gasteiger partial charge in [-0.15, -0.1) is 6.58 Å². The number of nitrogens with one attached hydrogen (secondary N) is 1. The van der Waals surface area contributed by atoms with Gasteiger partial charge in [-0.3, -0.25) is 0 Å². The Kier molecular flexibility index (Phi) is 9.72. The lowest BCUT2D eigenvalue weighted by molar-refractivity contribution is -0.0869. The average Bonchev–Trinajstić information content (AvgIpc) is 2.75. The fourth-order valence-corrected chi connectivity index (χ4v) is 2.96. The van der Waals surface area contributed by atoms with E-state index in [0.29, 0.717) is 6.61 Å². The third-order valence-electron chi connectivity index (χ3n) is 4.42. The third-order valence-corrected chi connectivity index (χ3v) is 4.42. The summed E-state index contributed by atoms with van der Waals surface area (Å²) in [5.41, 5.74) is 1.30. The molecule has 0 aliphatic carbocycles. The van der Waals surface area contributed by atoms with Crippen LogP contribution in [0, 0.1) is 0 Å². The molecule has 0 aliphatic heterocycles.